The first-order valence-corrected chi connectivity index (χ1v) is 18.2. The van der Waals surface area contributed by atoms with Gasteiger partial charge in [0, 0.05) is 12.3 Å². The average Bonchev–Trinajstić information content (AvgIpc) is 3.32. The Morgan fingerprint density at radius 1 is 0.686 bits per heavy atom. The van der Waals surface area contributed by atoms with Gasteiger partial charge in [-0.15, -0.1) is 0 Å². The Balaban J connectivity index is 1.60. The van der Waals surface area contributed by atoms with Crippen LogP contribution in [0.5, 0.6) is 0 Å². The van der Waals surface area contributed by atoms with Crippen molar-refractivity contribution in [2.24, 2.45) is 5.92 Å². The van der Waals surface area contributed by atoms with E-state index in [0.29, 0.717) is 32.1 Å². The SMILES string of the molecule is CC(C)(C)OC(=O)CCCCC[C@H](CC(O)CC[C@H](NC(=O)OCC1c2ccccc2-c2ccccc21)C(=O)OC(C)(C)C)C(=O)OC(C)(C)C. The van der Waals surface area contributed by atoms with E-state index < -0.39 is 52.9 Å². The lowest BCUT2D eigenvalue weighted by Crippen LogP contribution is -2.45. The van der Waals surface area contributed by atoms with E-state index in [9.17, 15) is 24.3 Å². The van der Waals surface area contributed by atoms with Crippen LogP contribution in [0.25, 0.3) is 11.1 Å². The van der Waals surface area contributed by atoms with Crippen LogP contribution in [0.4, 0.5) is 4.79 Å². The van der Waals surface area contributed by atoms with Gasteiger partial charge in [-0.1, -0.05) is 61.4 Å². The molecule has 10 nitrogen and oxygen atoms in total. The summed E-state index contributed by atoms with van der Waals surface area (Å²) in [5.41, 5.74) is 2.31. The van der Waals surface area contributed by atoms with Crippen molar-refractivity contribution in [3.05, 3.63) is 59.7 Å². The fraction of sp³-hybridized carbons (Fsp3) is 0.610. The lowest BCUT2D eigenvalue weighted by atomic mass is 9.92. The van der Waals surface area contributed by atoms with E-state index in [4.69, 9.17) is 18.9 Å². The van der Waals surface area contributed by atoms with Crippen molar-refractivity contribution in [2.45, 2.75) is 149 Å². The number of hydrogen-bond acceptors (Lipinski definition) is 9. The second kappa shape index (κ2) is 18.0. The van der Waals surface area contributed by atoms with E-state index >= 15 is 0 Å². The number of benzene rings is 2. The molecule has 2 aromatic carbocycles. The maximum absolute atomic E-state index is 13.2. The topological polar surface area (TPSA) is 137 Å². The number of rotatable bonds is 16. The summed E-state index contributed by atoms with van der Waals surface area (Å²) in [5, 5.41) is 13.8. The molecule has 0 saturated carbocycles. The van der Waals surface area contributed by atoms with E-state index in [-0.39, 0.29) is 37.8 Å². The largest absolute Gasteiger partial charge is 0.460 e. The molecule has 51 heavy (non-hydrogen) atoms. The second-order valence-corrected chi connectivity index (χ2v) is 16.4. The number of alkyl carbamates (subject to hydrolysis) is 1. The first-order chi connectivity index (χ1) is 23.7. The molecule has 0 heterocycles. The number of aliphatic hydroxyl groups is 1. The van der Waals surface area contributed by atoms with Gasteiger partial charge in [0.15, 0.2) is 0 Å². The molecule has 0 bridgehead atoms. The lowest BCUT2D eigenvalue weighted by molar-refractivity contribution is -0.162. The minimum atomic E-state index is -1.08. The van der Waals surface area contributed by atoms with Gasteiger partial charge in [0.1, 0.15) is 29.5 Å². The fourth-order valence-electron chi connectivity index (χ4n) is 6.16. The number of aliphatic hydroxyl groups excluding tert-OH is 1. The van der Waals surface area contributed by atoms with Crippen LogP contribution in [-0.2, 0) is 33.3 Å². The molecule has 0 saturated heterocycles. The molecule has 2 N–H and O–H groups in total. The Bertz CT molecular complexity index is 1440. The minimum Gasteiger partial charge on any atom is -0.460 e. The van der Waals surface area contributed by atoms with E-state index in [1.165, 1.54) is 0 Å². The Hall–Kier alpha value is -3.92. The Kier molecular flexibility index (Phi) is 14.7. The Labute approximate surface area is 304 Å². The molecule has 10 heteroatoms. The van der Waals surface area contributed by atoms with Gasteiger partial charge in [-0.25, -0.2) is 9.59 Å². The van der Waals surface area contributed by atoms with E-state index in [2.05, 4.69) is 17.4 Å². The summed E-state index contributed by atoms with van der Waals surface area (Å²) < 4.78 is 22.3. The van der Waals surface area contributed by atoms with E-state index in [1.807, 2.05) is 57.2 Å². The number of nitrogens with one attached hydrogen (secondary N) is 1. The van der Waals surface area contributed by atoms with Gasteiger partial charge in [0.05, 0.1) is 12.0 Å². The third-order valence-corrected chi connectivity index (χ3v) is 8.27. The van der Waals surface area contributed by atoms with Gasteiger partial charge in [-0.05, 0) is 117 Å². The van der Waals surface area contributed by atoms with E-state index in [1.54, 1.807) is 41.5 Å². The lowest BCUT2D eigenvalue weighted by Gasteiger charge is -2.27. The van der Waals surface area contributed by atoms with Crippen LogP contribution in [0, 0.1) is 5.92 Å². The second-order valence-electron chi connectivity index (χ2n) is 16.4. The standard InChI is InChI=1S/C41H59NO9/c1-39(2,3)49-35(44)22-12-10-11-17-27(36(45)50-40(4,5)6)25-28(43)23-24-34(37(46)51-41(7,8)9)42-38(47)48-26-33-31-20-15-13-18-29(31)30-19-14-16-21-32(30)33/h13-16,18-21,27-28,33-34,43H,10-12,17,22-26H2,1-9H3,(H,42,47)/t27-,28?,34+/m1/s1. The molecule has 0 aromatic heterocycles. The van der Waals surface area contributed by atoms with Crippen LogP contribution in [0.2, 0.25) is 0 Å². The Morgan fingerprint density at radius 3 is 1.76 bits per heavy atom. The van der Waals surface area contributed by atoms with Gasteiger partial charge < -0.3 is 29.4 Å². The quantitative estimate of drug-likeness (QED) is 0.101. The van der Waals surface area contributed by atoms with Crippen LogP contribution in [0.1, 0.15) is 131 Å². The number of carbonyl (C=O) groups excluding carboxylic acids is 4. The summed E-state index contributed by atoms with van der Waals surface area (Å²) in [6.45, 7) is 16.2. The molecular formula is C41H59NO9. The highest BCUT2D eigenvalue weighted by atomic mass is 16.6. The molecule has 0 fully saturated rings. The highest BCUT2D eigenvalue weighted by Crippen LogP contribution is 2.44. The third-order valence-electron chi connectivity index (χ3n) is 8.27. The highest BCUT2D eigenvalue weighted by Gasteiger charge is 2.32. The fourth-order valence-corrected chi connectivity index (χ4v) is 6.16. The molecule has 282 valence electrons. The monoisotopic (exact) mass is 709 g/mol. The molecule has 0 radical (unpaired) electrons. The number of ether oxygens (including phenoxy) is 4. The van der Waals surface area contributed by atoms with Crippen LogP contribution >= 0.6 is 0 Å². The van der Waals surface area contributed by atoms with Gasteiger partial charge in [-0.2, -0.15) is 0 Å². The molecule has 1 unspecified atom stereocenters. The summed E-state index contributed by atoms with van der Waals surface area (Å²) in [4.78, 5) is 51.6. The molecule has 1 amide bonds. The van der Waals surface area contributed by atoms with Gasteiger partial charge >= 0.3 is 24.0 Å². The third kappa shape index (κ3) is 14.3. The molecule has 1 aliphatic carbocycles. The number of amides is 1. The van der Waals surface area contributed by atoms with Crippen molar-refractivity contribution < 1.29 is 43.2 Å². The van der Waals surface area contributed by atoms with Crippen LogP contribution in [0.15, 0.2) is 48.5 Å². The Morgan fingerprint density at radius 2 is 1.22 bits per heavy atom. The summed E-state index contributed by atoms with van der Waals surface area (Å²) in [6, 6.07) is 15.0. The summed E-state index contributed by atoms with van der Waals surface area (Å²) in [7, 11) is 0. The molecule has 3 rings (SSSR count). The zero-order valence-corrected chi connectivity index (χ0v) is 32.0. The molecule has 0 spiro atoms. The smallest absolute Gasteiger partial charge is 0.407 e. The molecule has 0 aliphatic heterocycles. The average molecular weight is 710 g/mol. The van der Waals surface area contributed by atoms with Crippen molar-refractivity contribution in [2.75, 3.05) is 6.61 Å². The first-order valence-electron chi connectivity index (χ1n) is 18.2. The summed E-state index contributed by atoms with van der Waals surface area (Å²) in [6.07, 6.45) is 1.32. The highest BCUT2D eigenvalue weighted by molar-refractivity contribution is 5.82. The predicted molar refractivity (Wildman–Crippen MR) is 196 cm³/mol. The van der Waals surface area contributed by atoms with Crippen molar-refractivity contribution in [3.8, 4) is 11.1 Å². The summed E-state index contributed by atoms with van der Waals surface area (Å²) >= 11 is 0. The van der Waals surface area contributed by atoms with Crippen molar-refractivity contribution in [3.63, 3.8) is 0 Å². The predicted octanol–water partition coefficient (Wildman–Crippen LogP) is 8.02. The first kappa shape index (κ1) is 41.5. The summed E-state index contributed by atoms with van der Waals surface area (Å²) in [5.74, 6) is -2.04. The zero-order valence-electron chi connectivity index (χ0n) is 32.0. The maximum Gasteiger partial charge on any atom is 0.407 e. The van der Waals surface area contributed by atoms with Crippen molar-refractivity contribution >= 4 is 24.0 Å². The van der Waals surface area contributed by atoms with Crippen LogP contribution in [-0.4, -0.2) is 64.7 Å². The minimum absolute atomic E-state index is 0.0667. The molecule has 3 atom stereocenters. The zero-order chi connectivity index (χ0) is 38.0. The van der Waals surface area contributed by atoms with Gasteiger partial charge in [0.2, 0.25) is 0 Å². The normalized spacial score (nSPS) is 14.8. The number of carbonyl (C=O) groups is 4. The number of unbranched alkanes of at least 4 members (excludes halogenated alkanes) is 2. The van der Waals surface area contributed by atoms with Crippen LogP contribution < -0.4 is 5.32 Å². The van der Waals surface area contributed by atoms with Crippen LogP contribution in [0.3, 0.4) is 0 Å². The van der Waals surface area contributed by atoms with Crippen molar-refractivity contribution in [1.29, 1.82) is 0 Å². The van der Waals surface area contributed by atoms with Crippen molar-refractivity contribution in [1.82, 2.24) is 5.32 Å². The number of hydrogen-bond donors (Lipinski definition) is 2. The number of fused-ring (bicyclic) bond motifs is 3. The van der Waals surface area contributed by atoms with Gasteiger partial charge in [0.25, 0.3) is 0 Å². The van der Waals surface area contributed by atoms with E-state index in [0.717, 1.165) is 22.3 Å². The number of esters is 3. The molecule has 2 aromatic rings. The van der Waals surface area contributed by atoms with Gasteiger partial charge in [-0.3, -0.25) is 9.59 Å². The maximum atomic E-state index is 13.2. The molecular weight excluding hydrogens is 650 g/mol. The molecule has 1 aliphatic rings.